The molecule has 1 aromatic carbocycles. The van der Waals surface area contributed by atoms with Crippen LogP contribution < -0.4 is 15.0 Å². The van der Waals surface area contributed by atoms with E-state index in [-0.39, 0.29) is 5.91 Å². The summed E-state index contributed by atoms with van der Waals surface area (Å²) in [6.45, 7) is 7.87. The lowest BCUT2D eigenvalue weighted by atomic mass is 10.2. The minimum Gasteiger partial charge on any atom is -0.495 e. The molecule has 0 fully saturated rings. The number of carbonyl (C=O) groups excluding carboxylic acids is 1. The van der Waals surface area contributed by atoms with Gasteiger partial charge in [-0.05, 0) is 31.4 Å². The van der Waals surface area contributed by atoms with Crippen molar-refractivity contribution >= 4 is 29.0 Å². The van der Waals surface area contributed by atoms with Crippen LogP contribution in [0.25, 0.3) is 0 Å². The van der Waals surface area contributed by atoms with Crippen molar-refractivity contribution in [3.05, 3.63) is 40.8 Å². The second-order valence-corrected chi connectivity index (χ2v) is 6.41. The lowest BCUT2D eigenvalue weighted by Gasteiger charge is -2.22. The summed E-state index contributed by atoms with van der Waals surface area (Å²) >= 11 is 6.11. The number of benzene rings is 1. The number of ether oxygens (including phenoxy) is 1. The molecular formula is C19H25ClN4O2. The molecule has 1 aromatic heterocycles. The molecule has 0 aliphatic heterocycles. The quantitative estimate of drug-likeness (QED) is 0.742. The average Bonchev–Trinajstić information content (AvgIpc) is 2.64. The van der Waals surface area contributed by atoms with Gasteiger partial charge in [-0.3, -0.25) is 4.79 Å². The van der Waals surface area contributed by atoms with Crippen molar-refractivity contribution in [2.75, 3.05) is 30.4 Å². The number of halogens is 1. The largest absolute Gasteiger partial charge is 0.495 e. The van der Waals surface area contributed by atoms with Crippen molar-refractivity contribution in [1.29, 1.82) is 0 Å². The number of hydrogen-bond donors (Lipinski definition) is 1. The van der Waals surface area contributed by atoms with E-state index >= 15 is 0 Å². The van der Waals surface area contributed by atoms with E-state index in [4.69, 9.17) is 16.3 Å². The molecular weight excluding hydrogens is 352 g/mol. The number of hydrogen-bond acceptors (Lipinski definition) is 5. The maximum atomic E-state index is 12.7. The van der Waals surface area contributed by atoms with Crippen molar-refractivity contribution in [1.82, 2.24) is 9.97 Å². The average molecular weight is 377 g/mol. The van der Waals surface area contributed by atoms with E-state index < -0.39 is 0 Å². The summed E-state index contributed by atoms with van der Waals surface area (Å²) in [4.78, 5) is 23.3. The summed E-state index contributed by atoms with van der Waals surface area (Å²) in [6.07, 6.45) is 3.44. The molecule has 7 heteroatoms. The number of aryl methyl sites for hydroxylation is 1. The summed E-state index contributed by atoms with van der Waals surface area (Å²) in [6, 6.07) is 5.18. The molecule has 2 rings (SSSR count). The fraction of sp³-hybridized carbons (Fsp3) is 0.421. The predicted molar refractivity (Wildman–Crippen MR) is 106 cm³/mol. The first-order valence-electron chi connectivity index (χ1n) is 8.72. The maximum absolute atomic E-state index is 12.7. The molecule has 26 heavy (non-hydrogen) atoms. The Kier molecular flexibility index (Phi) is 7.21. The first-order chi connectivity index (χ1) is 12.5. The van der Waals surface area contributed by atoms with Crippen molar-refractivity contribution < 1.29 is 9.53 Å². The van der Waals surface area contributed by atoms with Crippen LogP contribution in [0.2, 0.25) is 5.02 Å². The molecule has 0 aliphatic carbocycles. The monoisotopic (exact) mass is 376 g/mol. The third-order valence-corrected chi connectivity index (χ3v) is 4.33. The number of methoxy groups -OCH3 is 1. The van der Waals surface area contributed by atoms with E-state index in [0.29, 0.717) is 22.2 Å². The third-order valence-electron chi connectivity index (χ3n) is 3.93. The van der Waals surface area contributed by atoms with Crippen molar-refractivity contribution in [2.24, 2.45) is 0 Å². The van der Waals surface area contributed by atoms with E-state index in [0.717, 1.165) is 37.3 Å². The van der Waals surface area contributed by atoms with Gasteiger partial charge in [0.25, 0.3) is 5.91 Å². The number of anilines is 2. The molecule has 1 amide bonds. The van der Waals surface area contributed by atoms with Gasteiger partial charge in [-0.2, -0.15) is 0 Å². The van der Waals surface area contributed by atoms with E-state index in [9.17, 15) is 4.79 Å². The minimum atomic E-state index is -0.318. The molecule has 0 bridgehead atoms. The molecule has 0 spiro atoms. The Hall–Kier alpha value is -2.34. The molecule has 6 nitrogen and oxygen atoms in total. The second kappa shape index (κ2) is 9.38. The number of nitrogens with one attached hydrogen (secondary N) is 1. The molecule has 0 aliphatic rings. The lowest BCUT2D eigenvalue weighted by molar-refractivity contribution is 0.102. The summed E-state index contributed by atoms with van der Waals surface area (Å²) < 4.78 is 5.30. The standard InChI is InChI=1S/C19H25ClN4O2/c1-5-7-24(8-6-2)18-11-16(21-12-22-18)19(25)23-15-9-13(3)14(20)10-17(15)26-4/h9-12H,5-8H2,1-4H3,(H,23,25). The number of aromatic nitrogens is 2. The van der Waals surface area contributed by atoms with Crippen molar-refractivity contribution in [3.63, 3.8) is 0 Å². The van der Waals surface area contributed by atoms with Crippen LogP contribution in [-0.4, -0.2) is 36.1 Å². The highest BCUT2D eigenvalue weighted by Crippen LogP contribution is 2.31. The molecule has 0 atom stereocenters. The van der Waals surface area contributed by atoms with Crippen LogP contribution >= 0.6 is 11.6 Å². The van der Waals surface area contributed by atoms with Crippen LogP contribution in [0.4, 0.5) is 11.5 Å². The first-order valence-corrected chi connectivity index (χ1v) is 9.10. The van der Waals surface area contributed by atoms with Crippen LogP contribution in [0.5, 0.6) is 5.75 Å². The molecule has 0 saturated carbocycles. The van der Waals surface area contributed by atoms with Gasteiger partial charge in [0.2, 0.25) is 0 Å². The van der Waals surface area contributed by atoms with Gasteiger partial charge in [0.15, 0.2) is 0 Å². The van der Waals surface area contributed by atoms with E-state index in [1.807, 2.05) is 6.92 Å². The fourth-order valence-corrected chi connectivity index (χ4v) is 2.79. The lowest BCUT2D eigenvalue weighted by Crippen LogP contribution is -2.26. The van der Waals surface area contributed by atoms with E-state index in [1.54, 1.807) is 18.2 Å². The maximum Gasteiger partial charge on any atom is 0.274 e. The molecule has 0 radical (unpaired) electrons. The number of amides is 1. The molecule has 140 valence electrons. The zero-order valence-electron chi connectivity index (χ0n) is 15.7. The Morgan fingerprint density at radius 2 is 1.88 bits per heavy atom. The Bertz CT molecular complexity index is 761. The topological polar surface area (TPSA) is 67.4 Å². The third kappa shape index (κ3) is 4.85. The zero-order chi connectivity index (χ0) is 19.1. The van der Waals surface area contributed by atoms with Crippen molar-refractivity contribution in [2.45, 2.75) is 33.6 Å². The predicted octanol–water partition coefficient (Wildman–Crippen LogP) is 4.33. The van der Waals surface area contributed by atoms with E-state index in [2.05, 4.69) is 34.0 Å². The van der Waals surface area contributed by atoms with Crippen LogP contribution in [-0.2, 0) is 0 Å². The van der Waals surface area contributed by atoms with Gasteiger partial charge in [0.1, 0.15) is 23.6 Å². The second-order valence-electron chi connectivity index (χ2n) is 6.00. The van der Waals surface area contributed by atoms with Crippen LogP contribution in [0, 0.1) is 6.92 Å². The SMILES string of the molecule is CCCN(CCC)c1cc(C(=O)Nc2cc(C)c(Cl)cc2OC)ncn1. The Labute approximate surface area is 159 Å². The molecule has 2 aromatic rings. The highest BCUT2D eigenvalue weighted by Gasteiger charge is 2.15. The number of rotatable bonds is 8. The van der Waals surface area contributed by atoms with Crippen LogP contribution in [0.1, 0.15) is 42.7 Å². The highest BCUT2D eigenvalue weighted by atomic mass is 35.5. The zero-order valence-corrected chi connectivity index (χ0v) is 16.4. The minimum absolute atomic E-state index is 0.307. The van der Waals surface area contributed by atoms with Gasteiger partial charge in [-0.25, -0.2) is 9.97 Å². The molecule has 1 heterocycles. The Morgan fingerprint density at radius 3 is 2.50 bits per heavy atom. The smallest absolute Gasteiger partial charge is 0.274 e. The first kappa shape index (κ1) is 20.0. The summed E-state index contributed by atoms with van der Waals surface area (Å²) in [5, 5.41) is 3.43. The van der Waals surface area contributed by atoms with E-state index in [1.165, 1.54) is 13.4 Å². The molecule has 0 saturated heterocycles. The Morgan fingerprint density at radius 1 is 1.19 bits per heavy atom. The van der Waals surface area contributed by atoms with Crippen LogP contribution in [0.15, 0.2) is 24.5 Å². The van der Waals surface area contributed by atoms with Crippen molar-refractivity contribution in [3.8, 4) is 5.75 Å². The van der Waals surface area contributed by atoms with Gasteiger partial charge in [0, 0.05) is 30.2 Å². The van der Waals surface area contributed by atoms with Gasteiger partial charge in [-0.15, -0.1) is 0 Å². The number of nitrogens with zero attached hydrogens (tertiary/aromatic N) is 3. The summed E-state index contributed by atoms with van der Waals surface area (Å²) in [5.74, 6) is 0.941. The molecule has 0 unspecified atom stereocenters. The highest BCUT2D eigenvalue weighted by molar-refractivity contribution is 6.31. The van der Waals surface area contributed by atoms with Gasteiger partial charge >= 0.3 is 0 Å². The summed E-state index contributed by atoms with van der Waals surface area (Å²) in [7, 11) is 1.53. The van der Waals surface area contributed by atoms with Gasteiger partial charge in [0.05, 0.1) is 12.8 Å². The molecule has 1 N–H and O–H groups in total. The van der Waals surface area contributed by atoms with Gasteiger partial charge in [-0.1, -0.05) is 25.4 Å². The van der Waals surface area contributed by atoms with Gasteiger partial charge < -0.3 is 15.0 Å². The number of carbonyl (C=O) groups is 1. The fourth-order valence-electron chi connectivity index (χ4n) is 2.64. The normalized spacial score (nSPS) is 10.5. The Balaban J connectivity index is 2.25. The summed E-state index contributed by atoms with van der Waals surface area (Å²) in [5.41, 5.74) is 1.71. The van der Waals surface area contributed by atoms with Crippen LogP contribution in [0.3, 0.4) is 0 Å².